The van der Waals surface area contributed by atoms with Gasteiger partial charge in [0.25, 0.3) is 0 Å². The van der Waals surface area contributed by atoms with Gasteiger partial charge in [0.05, 0.1) is 5.69 Å². The Morgan fingerprint density at radius 3 is 2.96 bits per heavy atom. The molecule has 0 bridgehead atoms. The number of anilines is 1. The molecule has 1 unspecified atom stereocenters. The normalized spacial score (nSPS) is 15.9. The first-order valence-corrected chi connectivity index (χ1v) is 8.14. The van der Waals surface area contributed by atoms with Crippen molar-refractivity contribution in [2.24, 2.45) is 0 Å². The highest BCUT2D eigenvalue weighted by Gasteiger charge is 2.30. The quantitative estimate of drug-likeness (QED) is 0.637. The lowest BCUT2D eigenvalue weighted by Crippen LogP contribution is -2.40. The molecule has 0 N–H and O–H groups in total. The minimum atomic E-state index is -0.483. The van der Waals surface area contributed by atoms with Gasteiger partial charge < -0.3 is 4.74 Å². The fourth-order valence-electron chi connectivity index (χ4n) is 2.46. The second-order valence-corrected chi connectivity index (χ2v) is 5.96. The van der Waals surface area contributed by atoms with Crippen LogP contribution in [0.2, 0.25) is 0 Å². The Balaban J connectivity index is 2.13. The molecule has 0 radical (unpaired) electrons. The largest absolute Gasteiger partial charge is 0.452 e. The van der Waals surface area contributed by atoms with E-state index >= 15 is 0 Å². The molecule has 1 aromatic heterocycles. The highest BCUT2D eigenvalue weighted by Crippen LogP contribution is 2.39. The molecule has 1 aromatic carbocycles. The predicted molar refractivity (Wildman–Crippen MR) is 89.4 cm³/mol. The van der Waals surface area contributed by atoms with Crippen molar-refractivity contribution >= 4 is 23.4 Å². The maximum atomic E-state index is 12.1. The zero-order valence-corrected chi connectivity index (χ0v) is 13.7. The zero-order chi connectivity index (χ0) is 16.4. The van der Waals surface area contributed by atoms with Gasteiger partial charge in [-0.15, -0.1) is 16.8 Å². The van der Waals surface area contributed by atoms with Crippen molar-refractivity contribution in [3.05, 3.63) is 36.9 Å². The number of para-hydroxylation sites is 1. The van der Waals surface area contributed by atoms with Crippen LogP contribution < -0.4 is 9.64 Å². The standard InChI is InChI=1S/C16H16N4O2S/c1-4-9-23-16-17-15-14(18-19-16)12-7-5-6-8-13(12)20(10(2)21)11(3)22-15/h4-8,11H,1,9H2,2-3H3. The van der Waals surface area contributed by atoms with Gasteiger partial charge in [-0.2, -0.15) is 4.98 Å². The lowest BCUT2D eigenvalue weighted by atomic mass is 10.1. The Labute approximate surface area is 138 Å². The van der Waals surface area contributed by atoms with Gasteiger partial charge in [-0.25, -0.2) is 0 Å². The molecule has 23 heavy (non-hydrogen) atoms. The minimum absolute atomic E-state index is 0.105. The highest BCUT2D eigenvalue weighted by molar-refractivity contribution is 7.99. The van der Waals surface area contributed by atoms with Crippen LogP contribution in [-0.4, -0.2) is 33.1 Å². The third kappa shape index (κ3) is 2.92. The van der Waals surface area contributed by atoms with Gasteiger partial charge in [-0.05, 0) is 13.0 Å². The van der Waals surface area contributed by atoms with Crippen LogP contribution in [0.15, 0.2) is 42.1 Å². The molecule has 1 amide bonds. The van der Waals surface area contributed by atoms with Gasteiger partial charge in [0.1, 0.15) is 0 Å². The summed E-state index contributed by atoms with van der Waals surface area (Å²) in [6.07, 6.45) is 1.29. The van der Waals surface area contributed by atoms with Crippen LogP contribution in [0.3, 0.4) is 0 Å². The Morgan fingerprint density at radius 1 is 1.43 bits per heavy atom. The van der Waals surface area contributed by atoms with E-state index in [4.69, 9.17) is 4.74 Å². The zero-order valence-electron chi connectivity index (χ0n) is 12.9. The number of fused-ring (bicyclic) bond motifs is 3. The molecule has 1 aliphatic heterocycles. The summed E-state index contributed by atoms with van der Waals surface area (Å²) in [6, 6.07) is 7.52. The van der Waals surface area contributed by atoms with Crippen LogP contribution in [0.1, 0.15) is 13.8 Å². The number of carbonyl (C=O) groups excluding carboxylic acids is 1. The van der Waals surface area contributed by atoms with Gasteiger partial charge in [0.2, 0.25) is 16.9 Å². The molecule has 0 saturated carbocycles. The first-order chi connectivity index (χ1) is 11.1. The summed E-state index contributed by atoms with van der Waals surface area (Å²) >= 11 is 1.43. The van der Waals surface area contributed by atoms with Crippen LogP contribution >= 0.6 is 11.8 Å². The number of thioether (sulfide) groups is 1. The Morgan fingerprint density at radius 2 is 2.22 bits per heavy atom. The van der Waals surface area contributed by atoms with Gasteiger partial charge >= 0.3 is 0 Å². The van der Waals surface area contributed by atoms with E-state index in [1.165, 1.54) is 18.7 Å². The molecule has 3 rings (SSSR count). The SMILES string of the molecule is C=CCSc1nnc2c(n1)OC(C)N(C(C)=O)c1ccccc1-2. The van der Waals surface area contributed by atoms with Gasteiger partial charge in [-0.1, -0.05) is 36.0 Å². The van der Waals surface area contributed by atoms with Crippen molar-refractivity contribution < 1.29 is 9.53 Å². The first kappa shape index (κ1) is 15.5. The molecule has 1 atom stereocenters. The van der Waals surface area contributed by atoms with Gasteiger partial charge in [-0.3, -0.25) is 9.69 Å². The summed E-state index contributed by atoms with van der Waals surface area (Å²) in [5.41, 5.74) is 2.07. The molecule has 2 heterocycles. The lowest BCUT2D eigenvalue weighted by molar-refractivity contribution is -0.118. The third-order valence-electron chi connectivity index (χ3n) is 3.37. The van der Waals surface area contributed by atoms with Crippen LogP contribution in [0.4, 0.5) is 5.69 Å². The average molecular weight is 328 g/mol. The topological polar surface area (TPSA) is 68.2 Å². The maximum absolute atomic E-state index is 12.1. The summed E-state index contributed by atoms with van der Waals surface area (Å²) in [7, 11) is 0. The molecule has 0 spiro atoms. The fraction of sp³-hybridized carbons (Fsp3) is 0.250. The number of aromatic nitrogens is 3. The van der Waals surface area contributed by atoms with Crippen molar-refractivity contribution in [3.8, 4) is 17.1 Å². The molecule has 6 nitrogen and oxygen atoms in total. The summed E-state index contributed by atoms with van der Waals surface area (Å²) in [6.45, 7) is 7.00. The molecule has 2 aromatic rings. The highest BCUT2D eigenvalue weighted by atomic mass is 32.2. The molecule has 0 fully saturated rings. The van der Waals surface area contributed by atoms with E-state index in [2.05, 4.69) is 21.8 Å². The smallest absolute Gasteiger partial charge is 0.247 e. The molecule has 1 aliphatic rings. The van der Waals surface area contributed by atoms with Crippen molar-refractivity contribution in [3.63, 3.8) is 0 Å². The predicted octanol–water partition coefficient (Wildman–Crippen LogP) is 2.91. The number of ether oxygens (including phenoxy) is 1. The minimum Gasteiger partial charge on any atom is -0.452 e. The van der Waals surface area contributed by atoms with E-state index in [1.54, 1.807) is 11.0 Å². The summed E-state index contributed by atoms with van der Waals surface area (Å²) in [5, 5.41) is 8.92. The van der Waals surface area contributed by atoms with E-state index < -0.39 is 6.23 Å². The number of nitrogens with zero attached hydrogens (tertiary/aromatic N) is 4. The number of hydrogen-bond acceptors (Lipinski definition) is 6. The van der Waals surface area contributed by atoms with Crippen LogP contribution in [0, 0.1) is 0 Å². The van der Waals surface area contributed by atoms with E-state index in [9.17, 15) is 4.79 Å². The molecule has 7 heteroatoms. The summed E-state index contributed by atoms with van der Waals surface area (Å²) in [5.74, 6) is 0.967. The average Bonchev–Trinajstić information content (AvgIpc) is 2.65. The van der Waals surface area contributed by atoms with Crippen LogP contribution in [0.5, 0.6) is 5.88 Å². The molecule has 0 saturated heterocycles. The van der Waals surface area contributed by atoms with Crippen molar-refractivity contribution in [1.82, 2.24) is 15.2 Å². The third-order valence-corrected chi connectivity index (χ3v) is 4.20. The second-order valence-electron chi connectivity index (χ2n) is 4.97. The second kappa shape index (κ2) is 6.37. The van der Waals surface area contributed by atoms with Crippen LogP contribution in [-0.2, 0) is 4.79 Å². The maximum Gasteiger partial charge on any atom is 0.247 e. The van der Waals surface area contributed by atoms with E-state index in [0.29, 0.717) is 22.5 Å². The molecular weight excluding hydrogens is 312 g/mol. The molecular formula is C16H16N4O2S. The van der Waals surface area contributed by atoms with Crippen LogP contribution in [0.25, 0.3) is 11.3 Å². The van der Waals surface area contributed by atoms with Gasteiger partial charge in [0, 0.05) is 18.2 Å². The monoisotopic (exact) mass is 328 g/mol. The van der Waals surface area contributed by atoms with Crippen molar-refractivity contribution in [1.29, 1.82) is 0 Å². The Bertz CT molecular complexity index is 765. The molecule has 118 valence electrons. The van der Waals surface area contributed by atoms with Gasteiger partial charge in [0.15, 0.2) is 11.9 Å². The number of rotatable bonds is 3. The number of benzene rings is 1. The summed E-state index contributed by atoms with van der Waals surface area (Å²) in [4.78, 5) is 18.1. The Kier molecular flexibility index (Phi) is 4.29. The van der Waals surface area contributed by atoms with Crippen molar-refractivity contribution in [2.45, 2.75) is 25.2 Å². The first-order valence-electron chi connectivity index (χ1n) is 7.16. The number of amides is 1. The summed E-state index contributed by atoms with van der Waals surface area (Å²) < 4.78 is 5.89. The lowest BCUT2D eigenvalue weighted by Gasteiger charge is -2.26. The van der Waals surface area contributed by atoms with E-state index in [-0.39, 0.29) is 5.91 Å². The van der Waals surface area contributed by atoms with E-state index in [0.717, 1.165) is 11.3 Å². The number of hydrogen-bond donors (Lipinski definition) is 0. The fourth-order valence-corrected chi connectivity index (χ4v) is 2.98. The van der Waals surface area contributed by atoms with E-state index in [1.807, 2.05) is 31.2 Å². The number of carbonyl (C=O) groups is 1. The Hall–Kier alpha value is -2.41. The van der Waals surface area contributed by atoms with Crippen molar-refractivity contribution in [2.75, 3.05) is 10.7 Å². The molecule has 0 aliphatic carbocycles.